The molecule has 0 fully saturated rings. The number of carbonyl (C=O) groups is 1. The fourth-order valence-electron chi connectivity index (χ4n) is 2.24. The molecule has 2 aromatic carbocycles. The molecule has 0 aliphatic heterocycles. The Morgan fingerprint density at radius 3 is 2.36 bits per heavy atom. The third-order valence-electron chi connectivity index (χ3n) is 3.81. The fraction of sp³-hybridized carbons (Fsp3) is 0.150. The molecule has 130 valence electrons. The second-order valence-corrected chi connectivity index (χ2v) is 5.81. The van der Waals surface area contributed by atoms with E-state index in [4.69, 9.17) is 0 Å². The van der Waals surface area contributed by atoms with Crippen molar-refractivity contribution in [3.63, 3.8) is 0 Å². The van der Waals surface area contributed by atoms with E-state index in [1.54, 1.807) is 25.1 Å². The predicted octanol–water partition coefficient (Wildman–Crippen LogP) is 3.18. The van der Waals surface area contributed by atoms with Gasteiger partial charge in [0.2, 0.25) is 0 Å². The largest absolute Gasteiger partial charge is 0.508 e. The number of allylic oxidation sites excluding steroid dienone is 1. The Bertz CT molecular complexity index is 819. The number of aliphatic hydroxyl groups excluding tert-OH is 1. The Labute approximate surface area is 145 Å². The van der Waals surface area contributed by atoms with Crippen LogP contribution >= 0.6 is 0 Å². The summed E-state index contributed by atoms with van der Waals surface area (Å²) in [5.41, 5.74) is 1.32. The number of hydrogen-bond donors (Lipinski definition) is 4. The Hall–Kier alpha value is -3.05. The Morgan fingerprint density at radius 2 is 1.76 bits per heavy atom. The Balaban J connectivity index is 2.27. The molecule has 0 saturated heterocycles. The molecule has 5 nitrogen and oxygen atoms in total. The fourth-order valence-corrected chi connectivity index (χ4v) is 2.24. The van der Waals surface area contributed by atoms with E-state index < -0.39 is 11.9 Å². The number of carbonyl (C=O) groups excluding carboxylic acids is 1. The quantitative estimate of drug-likeness (QED) is 0.368. The SMILES string of the molecule is C=C(C)C(O)Cc1c(O)ccc(C(=O)/C=C/c2ccc(O)cc2)c1O. The third kappa shape index (κ3) is 4.49. The number of rotatable bonds is 6. The van der Waals surface area contributed by atoms with Crippen molar-refractivity contribution in [1.82, 2.24) is 0 Å². The highest BCUT2D eigenvalue weighted by atomic mass is 16.3. The lowest BCUT2D eigenvalue weighted by molar-refractivity contribution is 0.104. The van der Waals surface area contributed by atoms with E-state index in [0.29, 0.717) is 11.1 Å². The van der Waals surface area contributed by atoms with Crippen molar-refractivity contribution in [1.29, 1.82) is 0 Å². The lowest BCUT2D eigenvalue weighted by Gasteiger charge is -2.14. The maximum absolute atomic E-state index is 12.3. The summed E-state index contributed by atoms with van der Waals surface area (Å²) in [6, 6.07) is 8.92. The van der Waals surface area contributed by atoms with Crippen LogP contribution in [0.25, 0.3) is 6.08 Å². The molecule has 0 spiro atoms. The van der Waals surface area contributed by atoms with Crippen LogP contribution in [0.2, 0.25) is 0 Å². The highest BCUT2D eigenvalue weighted by Gasteiger charge is 2.19. The summed E-state index contributed by atoms with van der Waals surface area (Å²) in [6.45, 7) is 5.26. The number of aliphatic hydroxyl groups is 1. The van der Waals surface area contributed by atoms with Crippen LogP contribution in [0.3, 0.4) is 0 Å². The highest BCUT2D eigenvalue weighted by molar-refractivity contribution is 6.09. The van der Waals surface area contributed by atoms with Crippen molar-refractivity contribution in [2.45, 2.75) is 19.4 Å². The van der Waals surface area contributed by atoms with Crippen LogP contribution in [0.1, 0.15) is 28.4 Å². The lowest BCUT2D eigenvalue weighted by Crippen LogP contribution is -2.12. The van der Waals surface area contributed by atoms with E-state index in [9.17, 15) is 25.2 Å². The van der Waals surface area contributed by atoms with Gasteiger partial charge in [-0.3, -0.25) is 4.79 Å². The summed E-state index contributed by atoms with van der Waals surface area (Å²) < 4.78 is 0. The van der Waals surface area contributed by atoms with Crippen LogP contribution in [-0.2, 0) is 6.42 Å². The second kappa shape index (κ2) is 7.68. The highest BCUT2D eigenvalue weighted by Crippen LogP contribution is 2.33. The van der Waals surface area contributed by atoms with Gasteiger partial charge in [-0.15, -0.1) is 0 Å². The standard InChI is InChI=1S/C20H20O5/c1-12(2)19(24)11-16-18(23)10-8-15(20(16)25)17(22)9-5-13-3-6-14(21)7-4-13/h3-10,19,21,23-25H,1,11H2,2H3/b9-5+. The summed E-state index contributed by atoms with van der Waals surface area (Å²) in [7, 11) is 0. The average molecular weight is 340 g/mol. The molecular weight excluding hydrogens is 320 g/mol. The van der Waals surface area contributed by atoms with Crippen LogP contribution in [0, 0.1) is 0 Å². The van der Waals surface area contributed by atoms with Gasteiger partial charge < -0.3 is 20.4 Å². The van der Waals surface area contributed by atoms with E-state index in [0.717, 1.165) is 0 Å². The van der Waals surface area contributed by atoms with Gasteiger partial charge >= 0.3 is 0 Å². The summed E-state index contributed by atoms with van der Waals surface area (Å²) in [4.78, 5) is 12.3. The molecule has 2 rings (SSSR count). The molecule has 0 aromatic heterocycles. The molecule has 0 amide bonds. The first kappa shape index (κ1) is 18.3. The van der Waals surface area contributed by atoms with Crippen molar-refractivity contribution < 1.29 is 25.2 Å². The number of phenolic OH excluding ortho intramolecular Hbond substituents is 3. The zero-order valence-electron chi connectivity index (χ0n) is 13.8. The van der Waals surface area contributed by atoms with Crippen LogP contribution in [-0.4, -0.2) is 32.3 Å². The molecule has 0 aliphatic rings. The molecule has 0 aliphatic carbocycles. The zero-order valence-corrected chi connectivity index (χ0v) is 13.8. The van der Waals surface area contributed by atoms with Crippen LogP contribution in [0.4, 0.5) is 0 Å². The first-order chi connectivity index (χ1) is 11.8. The molecule has 0 radical (unpaired) electrons. The van der Waals surface area contributed by atoms with E-state index in [1.807, 2.05) is 0 Å². The zero-order chi connectivity index (χ0) is 18.6. The molecule has 1 atom stereocenters. The van der Waals surface area contributed by atoms with Gasteiger partial charge in [0.25, 0.3) is 0 Å². The van der Waals surface area contributed by atoms with Gasteiger partial charge in [-0.2, -0.15) is 0 Å². The van der Waals surface area contributed by atoms with E-state index in [-0.39, 0.29) is 34.8 Å². The molecule has 4 N–H and O–H groups in total. The summed E-state index contributed by atoms with van der Waals surface area (Å²) in [6.07, 6.45) is 1.86. The summed E-state index contributed by atoms with van der Waals surface area (Å²) in [5.74, 6) is -0.880. The Kier molecular flexibility index (Phi) is 5.62. The molecule has 0 saturated carbocycles. The van der Waals surface area contributed by atoms with Gasteiger partial charge in [-0.1, -0.05) is 30.4 Å². The van der Waals surface area contributed by atoms with Gasteiger partial charge in [0.1, 0.15) is 17.2 Å². The molecule has 1 unspecified atom stereocenters. The van der Waals surface area contributed by atoms with Crippen molar-refractivity contribution in [3.8, 4) is 17.2 Å². The summed E-state index contributed by atoms with van der Waals surface area (Å²) in [5, 5.41) is 39.4. The van der Waals surface area contributed by atoms with Gasteiger partial charge in [-0.25, -0.2) is 0 Å². The molecule has 5 heteroatoms. The second-order valence-electron chi connectivity index (χ2n) is 5.81. The number of hydrogen-bond acceptors (Lipinski definition) is 5. The van der Waals surface area contributed by atoms with Gasteiger partial charge in [0.05, 0.1) is 11.7 Å². The number of ketones is 1. The molecule has 25 heavy (non-hydrogen) atoms. The average Bonchev–Trinajstić information content (AvgIpc) is 2.57. The number of aromatic hydroxyl groups is 3. The topological polar surface area (TPSA) is 98.0 Å². The van der Waals surface area contributed by atoms with Gasteiger partial charge in [0.15, 0.2) is 5.78 Å². The van der Waals surface area contributed by atoms with Crippen molar-refractivity contribution >= 4 is 11.9 Å². The minimum absolute atomic E-state index is 0.0248. The first-order valence-corrected chi connectivity index (χ1v) is 7.68. The number of benzene rings is 2. The smallest absolute Gasteiger partial charge is 0.189 e. The summed E-state index contributed by atoms with van der Waals surface area (Å²) >= 11 is 0. The van der Waals surface area contributed by atoms with E-state index in [2.05, 4.69) is 6.58 Å². The molecule has 0 heterocycles. The normalized spacial score (nSPS) is 12.2. The minimum Gasteiger partial charge on any atom is -0.508 e. The van der Waals surface area contributed by atoms with E-state index >= 15 is 0 Å². The van der Waals surface area contributed by atoms with Crippen LogP contribution in [0.5, 0.6) is 17.2 Å². The van der Waals surface area contributed by atoms with E-state index in [1.165, 1.54) is 30.3 Å². The van der Waals surface area contributed by atoms with Gasteiger partial charge in [-0.05, 0) is 42.8 Å². The van der Waals surface area contributed by atoms with Crippen molar-refractivity contribution in [3.05, 3.63) is 71.3 Å². The van der Waals surface area contributed by atoms with Crippen molar-refractivity contribution in [2.75, 3.05) is 0 Å². The molecular formula is C20H20O5. The lowest BCUT2D eigenvalue weighted by atomic mass is 9.97. The van der Waals surface area contributed by atoms with Crippen LogP contribution < -0.4 is 0 Å². The monoisotopic (exact) mass is 340 g/mol. The maximum atomic E-state index is 12.3. The number of phenols is 3. The van der Waals surface area contributed by atoms with Gasteiger partial charge in [0, 0.05) is 12.0 Å². The minimum atomic E-state index is -0.935. The molecule has 0 bridgehead atoms. The van der Waals surface area contributed by atoms with Crippen molar-refractivity contribution in [2.24, 2.45) is 0 Å². The predicted molar refractivity (Wildman–Crippen MR) is 95.8 cm³/mol. The van der Waals surface area contributed by atoms with Crippen LogP contribution in [0.15, 0.2) is 54.6 Å². The first-order valence-electron chi connectivity index (χ1n) is 7.68. The molecule has 2 aromatic rings. The maximum Gasteiger partial charge on any atom is 0.189 e. The third-order valence-corrected chi connectivity index (χ3v) is 3.81. The Morgan fingerprint density at radius 1 is 1.12 bits per heavy atom.